The predicted octanol–water partition coefficient (Wildman–Crippen LogP) is 20.6. The van der Waals surface area contributed by atoms with Crippen molar-refractivity contribution in [2.75, 3.05) is 0 Å². The van der Waals surface area contributed by atoms with Gasteiger partial charge in [-0.2, -0.15) is 0 Å². The van der Waals surface area contributed by atoms with Crippen LogP contribution in [0, 0.1) is 19.3 Å². The summed E-state index contributed by atoms with van der Waals surface area (Å²) in [6.07, 6.45) is 6.57. The van der Waals surface area contributed by atoms with Crippen LogP contribution >= 0.6 is 0 Å². The van der Waals surface area contributed by atoms with Crippen LogP contribution in [-0.4, -0.2) is 19.9 Å². The molecule has 3 aromatic rings. The number of fused-ring (bicyclic) bond motifs is 3. The number of Topliss-reactive ketones (excluding diaryl/α,β-unsaturated/α-hetero) is 1. The molecule has 0 aliphatic heterocycles. The maximum Gasteiger partial charge on any atom is 0.172 e. The molecule has 1 unspecified atom stereocenters. The lowest BCUT2D eigenvalue weighted by Gasteiger charge is -2.33. The van der Waals surface area contributed by atoms with E-state index in [-0.39, 0.29) is 96.7 Å². The topological polar surface area (TPSA) is 39.8 Å². The molecule has 0 N–H and O–H groups in total. The molecule has 0 radical (unpaired) electrons. The number of ketones is 1. The van der Waals surface area contributed by atoms with Gasteiger partial charge in [0, 0.05) is 151 Å². The van der Waals surface area contributed by atoms with Crippen LogP contribution in [0.1, 0.15) is 152 Å². The highest BCUT2D eigenvalue weighted by atomic mass is 16.1. The Labute approximate surface area is 256 Å². The molecule has 1 aromatic carbocycles. The van der Waals surface area contributed by atoms with Crippen molar-refractivity contribution in [1.82, 2.24) is 14.1 Å². The minimum absolute atomic E-state index is 0. The number of aryl methyl sites for hydroxylation is 4. The molecule has 0 amide bonds. The lowest BCUT2D eigenvalue weighted by atomic mass is 9.72. The van der Waals surface area contributed by atoms with Crippen LogP contribution in [0.2, 0.25) is 0 Å². The van der Waals surface area contributed by atoms with E-state index < -0.39 is 0 Å². The van der Waals surface area contributed by atoms with Gasteiger partial charge in [0.25, 0.3) is 0 Å². The van der Waals surface area contributed by atoms with Crippen molar-refractivity contribution in [1.29, 1.82) is 0 Å². The van der Waals surface area contributed by atoms with E-state index in [0.29, 0.717) is 12.3 Å². The van der Waals surface area contributed by atoms with Gasteiger partial charge >= 0.3 is 0 Å². The zero-order valence-corrected chi connectivity index (χ0v) is 17.1. The zero-order chi connectivity index (χ0) is 19.3. The molecular formula is C23H157N3O. The molecule has 1 aliphatic carbocycles. The second-order valence-corrected chi connectivity index (χ2v) is 8.23. The molecule has 0 bridgehead atoms. The second-order valence-electron chi connectivity index (χ2n) is 8.23. The molecule has 1 aliphatic rings. The Hall–Kier alpha value is -2.36. The first-order chi connectivity index (χ1) is 12.9. The monoisotopic (exact) mass is 492 g/mol. The molecule has 2 aromatic heterocycles. The standard InChI is InChI=1S/C23H29N3O.64H2/c1-6-20-24-10-11-25(20)14-23(5)9-8-18-21(22(23)27)17-12-15(3)16(4)13-19(17)26(18)7-2;;;;;;;;;;;;;;;;;;;;;;;;;;;;;;;;;;;;;;;;;;;;;;;;;;;;;;;;;;;;;;;;/h10-13H,6-9,14H2,1-5H3;64*1H. The fraction of sp³-hybridized carbons (Fsp3) is 0.478. The average Bonchev–Trinajstić information content (AvgIpc) is 3.20. The summed E-state index contributed by atoms with van der Waals surface area (Å²) in [7, 11) is 0. The molecule has 0 fully saturated rings. The largest absolute Gasteiger partial charge is 0.344 e. The summed E-state index contributed by atoms with van der Waals surface area (Å²) < 4.78 is 4.51. The van der Waals surface area contributed by atoms with E-state index in [2.05, 4.69) is 60.9 Å². The average molecular weight is 493 g/mol. The van der Waals surface area contributed by atoms with Crippen molar-refractivity contribution in [3.63, 3.8) is 0 Å². The van der Waals surface area contributed by atoms with Gasteiger partial charge in [-0.25, -0.2) is 4.98 Å². The van der Waals surface area contributed by atoms with Gasteiger partial charge in [0.05, 0.1) is 0 Å². The normalized spacial score (nSPS) is 19.7. The van der Waals surface area contributed by atoms with Gasteiger partial charge in [-0.1, -0.05) is 13.8 Å². The van der Waals surface area contributed by atoms with E-state index in [4.69, 9.17) is 0 Å². The third-order valence-corrected chi connectivity index (χ3v) is 6.43. The molecule has 4 nitrogen and oxygen atoms in total. The highest BCUT2D eigenvalue weighted by Crippen LogP contribution is 2.42. The molecule has 27 heavy (non-hydrogen) atoms. The van der Waals surface area contributed by atoms with E-state index >= 15 is 0 Å². The molecule has 4 rings (SSSR count). The molecular weight excluding hydrogens is 334 g/mol. The van der Waals surface area contributed by atoms with Crippen LogP contribution in [0.3, 0.4) is 0 Å². The molecule has 270 valence electrons. The third kappa shape index (κ3) is 2.65. The summed E-state index contributed by atoms with van der Waals surface area (Å²) in [6, 6.07) is 4.47. The summed E-state index contributed by atoms with van der Waals surface area (Å²) in [4.78, 5) is 18.2. The number of aromatic nitrogens is 3. The third-order valence-electron chi connectivity index (χ3n) is 6.43. The van der Waals surface area contributed by atoms with Crippen LogP contribution in [0.25, 0.3) is 10.9 Å². The van der Waals surface area contributed by atoms with Gasteiger partial charge in [-0.05, 0) is 56.9 Å². The Morgan fingerprint density at radius 3 is 2.67 bits per heavy atom. The summed E-state index contributed by atoms with van der Waals surface area (Å²) in [5, 5.41) is 1.13. The quantitative estimate of drug-likeness (QED) is 0.363. The van der Waals surface area contributed by atoms with Gasteiger partial charge in [0.15, 0.2) is 5.78 Å². The summed E-state index contributed by atoms with van der Waals surface area (Å²) in [5.74, 6) is 1.34. The van der Waals surface area contributed by atoms with E-state index in [1.807, 2.05) is 12.4 Å². The molecule has 0 spiro atoms. The number of imidazole rings is 1. The van der Waals surface area contributed by atoms with Crippen molar-refractivity contribution >= 4 is 16.7 Å². The SMILES string of the molecule is CCc1nccn1CC1(C)CCc2c(c3cc(C)c(C)cc3n2CC)C1=O.[HH].[HH].[HH].[HH].[HH].[HH].[HH].[HH].[HH].[HH].[HH].[HH].[HH].[HH].[HH].[HH].[HH].[HH].[HH].[HH].[HH].[HH].[HH].[HH].[HH].[HH].[HH].[HH].[HH].[HH].[HH].[HH].[HH].[HH].[HH].[HH].[HH].[HH].[HH].[HH].[HH].[HH].[HH].[HH].[HH].[HH].[HH].[HH].[HH].[HH].[HH].[HH].[HH].[HH].[HH].[HH].[HH].[HH].[HH].[HH].[HH].[HH].[HH].[HH]. The highest BCUT2D eigenvalue weighted by Gasteiger charge is 2.41. The van der Waals surface area contributed by atoms with Crippen LogP contribution < -0.4 is 0 Å². The van der Waals surface area contributed by atoms with Crippen molar-refractivity contribution < 1.29 is 96.1 Å². The predicted molar refractivity (Wildman–Crippen MR) is 245 cm³/mol. The molecule has 2 heterocycles. The van der Waals surface area contributed by atoms with E-state index in [9.17, 15) is 4.79 Å². The smallest absolute Gasteiger partial charge is 0.172 e. The summed E-state index contributed by atoms with van der Waals surface area (Å²) in [5.41, 5.74) is 5.54. The minimum Gasteiger partial charge on any atom is -0.344 e. The van der Waals surface area contributed by atoms with Crippen molar-refractivity contribution in [3.05, 3.63) is 52.7 Å². The number of rotatable bonds is 4. The number of carbonyl (C=O) groups excluding carboxylic acids is 1. The van der Waals surface area contributed by atoms with Crippen molar-refractivity contribution in [2.45, 2.75) is 67.0 Å². The lowest BCUT2D eigenvalue weighted by molar-refractivity contribution is 0.0752. The fourth-order valence-electron chi connectivity index (χ4n) is 4.67. The van der Waals surface area contributed by atoms with Crippen LogP contribution in [-0.2, 0) is 25.9 Å². The maximum atomic E-state index is 13.8. The highest BCUT2D eigenvalue weighted by molar-refractivity contribution is 6.13. The lowest BCUT2D eigenvalue weighted by Crippen LogP contribution is -2.37. The maximum absolute atomic E-state index is 13.8. The molecule has 0 saturated carbocycles. The Bertz CT molecular complexity index is 1120. The Kier molecular flexibility index (Phi) is 4.25. The number of carbonyl (C=O) groups is 1. The van der Waals surface area contributed by atoms with E-state index in [1.54, 1.807) is 0 Å². The zero-order valence-electron chi connectivity index (χ0n) is 17.1. The van der Waals surface area contributed by atoms with Crippen molar-refractivity contribution in [2.24, 2.45) is 5.41 Å². The van der Waals surface area contributed by atoms with Gasteiger partial charge in [-0.3, -0.25) is 4.79 Å². The van der Waals surface area contributed by atoms with Gasteiger partial charge < -0.3 is 9.13 Å². The summed E-state index contributed by atoms with van der Waals surface area (Å²) in [6.45, 7) is 12.3. The van der Waals surface area contributed by atoms with Gasteiger partial charge in [0.1, 0.15) is 5.82 Å². The number of benzene rings is 1. The van der Waals surface area contributed by atoms with E-state index in [1.165, 1.54) is 22.3 Å². The first-order valence-electron chi connectivity index (χ1n) is 10.1. The second kappa shape index (κ2) is 6.36. The first-order valence-corrected chi connectivity index (χ1v) is 10.1. The molecule has 0 saturated heterocycles. The Morgan fingerprint density at radius 1 is 1.22 bits per heavy atom. The van der Waals surface area contributed by atoms with Crippen LogP contribution in [0.15, 0.2) is 24.5 Å². The van der Waals surface area contributed by atoms with Gasteiger partial charge in [0.2, 0.25) is 0 Å². The Balaban J connectivity index is -0.00000000238. The minimum atomic E-state index is -0.386. The number of nitrogens with zero attached hydrogens (tertiary/aromatic N) is 3. The van der Waals surface area contributed by atoms with E-state index in [0.717, 1.165) is 42.6 Å². The first kappa shape index (κ1) is 18.0. The van der Waals surface area contributed by atoms with Crippen LogP contribution in [0.4, 0.5) is 0 Å². The Morgan fingerprint density at radius 2 is 1.96 bits per heavy atom. The van der Waals surface area contributed by atoms with Gasteiger partial charge in [-0.15, -0.1) is 0 Å². The number of hydrogen-bond acceptors (Lipinski definition) is 2. The summed E-state index contributed by atoms with van der Waals surface area (Å²) >= 11 is 0. The molecule has 4 heteroatoms. The van der Waals surface area contributed by atoms with Crippen LogP contribution in [0.5, 0.6) is 0 Å². The molecule has 1 atom stereocenters. The van der Waals surface area contributed by atoms with Crippen molar-refractivity contribution in [3.8, 4) is 0 Å². The fourth-order valence-corrected chi connectivity index (χ4v) is 4.67. The number of hydrogen-bond donors (Lipinski definition) is 0.